The van der Waals surface area contributed by atoms with Crippen LogP contribution in [-0.4, -0.2) is 48.0 Å². The van der Waals surface area contributed by atoms with Gasteiger partial charge < -0.3 is 20.3 Å². The van der Waals surface area contributed by atoms with E-state index in [2.05, 4.69) is 16.7 Å². The van der Waals surface area contributed by atoms with E-state index in [4.69, 9.17) is 4.74 Å². The average Bonchev–Trinajstić information content (AvgIpc) is 3.51. The number of alkyl carbamates (subject to hydrolysis) is 1. The summed E-state index contributed by atoms with van der Waals surface area (Å²) in [6.45, 7) is 4.27. The minimum absolute atomic E-state index is 0.0926. The lowest BCUT2D eigenvalue weighted by Crippen LogP contribution is -2.51. The Morgan fingerprint density at radius 2 is 1.86 bits per heavy atom. The second-order valence-electron chi connectivity index (χ2n) is 10.9. The van der Waals surface area contributed by atoms with Crippen molar-refractivity contribution in [2.45, 2.75) is 62.4 Å². The zero-order chi connectivity index (χ0) is 26.2. The van der Waals surface area contributed by atoms with E-state index < -0.39 is 23.6 Å². The van der Waals surface area contributed by atoms with Crippen LogP contribution in [-0.2, 0) is 25.2 Å². The van der Waals surface area contributed by atoms with Gasteiger partial charge in [-0.2, -0.15) is 5.26 Å². The van der Waals surface area contributed by atoms with E-state index in [0.717, 1.165) is 24.0 Å². The fourth-order valence-electron chi connectivity index (χ4n) is 5.73. The number of para-hydroxylation sites is 1. The second-order valence-corrected chi connectivity index (χ2v) is 10.9. The number of ether oxygens (including phenoxy) is 1. The van der Waals surface area contributed by atoms with E-state index in [1.165, 1.54) is 4.90 Å². The van der Waals surface area contributed by atoms with Crippen molar-refractivity contribution in [1.29, 1.82) is 5.26 Å². The largest absolute Gasteiger partial charge is 0.449 e. The minimum atomic E-state index is -0.969. The maximum absolute atomic E-state index is 13.8. The van der Waals surface area contributed by atoms with Crippen LogP contribution in [0, 0.1) is 17.2 Å². The van der Waals surface area contributed by atoms with Gasteiger partial charge in [0.1, 0.15) is 18.7 Å². The molecule has 1 saturated heterocycles. The highest BCUT2D eigenvalue weighted by Crippen LogP contribution is 2.48. The zero-order valence-electron chi connectivity index (χ0n) is 21.2. The summed E-state index contributed by atoms with van der Waals surface area (Å²) in [5.74, 6) is -0.455. The number of nitrogens with one attached hydrogen (secondary N) is 2. The molecule has 37 heavy (non-hydrogen) atoms. The van der Waals surface area contributed by atoms with Crippen molar-refractivity contribution in [1.82, 2.24) is 10.2 Å². The molecule has 192 valence electrons. The molecule has 5 rings (SSSR count). The van der Waals surface area contributed by atoms with E-state index in [9.17, 15) is 19.6 Å². The summed E-state index contributed by atoms with van der Waals surface area (Å²) in [5, 5.41) is 15.6. The Morgan fingerprint density at radius 1 is 1.16 bits per heavy atom. The molecule has 1 saturated carbocycles. The lowest BCUT2D eigenvalue weighted by molar-refractivity contribution is -0.134. The summed E-state index contributed by atoms with van der Waals surface area (Å²) < 4.78 is 5.61. The Bertz CT molecular complexity index is 1250. The molecule has 8 nitrogen and oxygen atoms in total. The van der Waals surface area contributed by atoms with Crippen LogP contribution in [0.2, 0.25) is 0 Å². The van der Waals surface area contributed by atoms with Crippen molar-refractivity contribution >= 4 is 23.6 Å². The van der Waals surface area contributed by atoms with Crippen LogP contribution in [0.4, 0.5) is 10.5 Å². The Balaban J connectivity index is 1.30. The van der Waals surface area contributed by atoms with Crippen LogP contribution in [0.25, 0.3) is 0 Å². The first-order chi connectivity index (χ1) is 17.8. The summed E-state index contributed by atoms with van der Waals surface area (Å²) >= 11 is 0. The molecule has 2 heterocycles. The minimum Gasteiger partial charge on any atom is -0.449 e. The highest BCUT2D eigenvalue weighted by Gasteiger charge is 2.56. The summed E-state index contributed by atoms with van der Waals surface area (Å²) in [7, 11) is 0. The Kier molecular flexibility index (Phi) is 6.40. The maximum Gasteiger partial charge on any atom is 0.407 e. The van der Waals surface area contributed by atoms with Gasteiger partial charge in [0.05, 0.1) is 11.5 Å². The van der Waals surface area contributed by atoms with Crippen LogP contribution < -0.4 is 10.6 Å². The zero-order valence-corrected chi connectivity index (χ0v) is 21.2. The molecule has 8 heteroatoms. The molecule has 1 spiro atoms. The molecule has 2 aromatic carbocycles. The van der Waals surface area contributed by atoms with Crippen LogP contribution >= 0.6 is 0 Å². The number of anilines is 1. The van der Waals surface area contributed by atoms with E-state index >= 15 is 0 Å². The SMILES string of the molecule is CC(C)CC(NC(=O)OCC1(c2ccccc2)CC1)C(=O)N1C[C@]2(C[C@H]1C#N)C(=O)Nc1ccccc12. The number of nitrogens with zero attached hydrogens (tertiary/aromatic N) is 2. The van der Waals surface area contributed by atoms with E-state index in [-0.39, 0.29) is 42.7 Å². The molecule has 0 bridgehead atoms. The predicted molar refractivity (Wildman–Crippen MR) is 138 cm³/mol. The number of carbonyl (C=O) groups is 3. The molecule has 2 fully saturated rings. The molecule has 1 unspecified atom stereocenters. The van der Waals surface area contributed by atoms with E-state index in [1.54, 1.807) is 0 Å². The number of benzene rings is 2. The van der Waals surface area contributed by atoms with Crippen LogP contribution in [0.3, 0.4) is 0 Å². The third kappa shape index (κ3) is 4.55. The topological polar surface area (TPSA) is 112 Å². The fourth-order valence-corrected chi connectivity index (χ4v) is 5.73. The number of amides is 3. The molecule has 2 aromatic rings. The van der Waals surface area contributed by atoms with Crippen molar-refractivity contribution in [2.24, 2.45) is 5.92 Å². The van der Waals surface area contributed by atoms with Crippen LogP contribution in [0.1, 0.15) is 50.7 Å². The quantitative estimate of drug-likeness (QED) is 0.599. The summed E-state index contributed by atoms with van der Waals surface area (Å²) in [5.41, 5.74) is 1.54. The molecule has 1 aliphatic carbocycles. The Morgan fingerprint density at radius 3 is 2.54 bits per heavy atom. The standard InChI is InChI=1S/C29H32N4O4/c1-19(2)14-24(32-27(36)37-18-28(12-13-28)20-8-4-3-5-9-20)25(34)33-17-29(15-21(33)16-30)22-10-6-7-11-23(22)31-26(29)35/h3-11,19,21,24H,12-15,17-18H2,1-2H3,(H,31,35)(H,32,36)/t21-,24?,29-/m0/s1. The van der Waals surface area contributed by atoms with E-state index in [1.807, 2.05) is 68.4 Å². The van der Waals surface area contributed by atoms with Crippen molar-refractivity contribution in [3.8, 4) is 6.07 Å². The molecule has 2 aliphatic heterocycles. The summed E-state index contributed by atoms with van der Waals surface area (Å²) in [6.07, 6.45) is 1.86. The molecule has 3 amide bonds. The van der Waals surface area contributed by atoms with E-state index in [0.29, 0.717) is 12.1 Å². The number of fused-ring (bicyclic) bond motifs is 2. The van der Waals surface area contributed by atoms with Gasteiger partial charge in [0, 0.05) is 24.1 Å². The maximum atomic E-state index is 13.8. The summed E-state index contributed by atoms with van der Waals surface area (Å²) in [4.78, 5) is 41.1. The first kappa shape index (κ1) is 24.8. The van der Waals surface area contributed by atoms with Crippen LogP contribution in [0.15, 0.2) is 54.6 Å². The molecule has 0 aromatic heterocycles. The number of hydrogen-bond acceptors (Lipinski definition) is 5. The normalized spacial score (nSPS) is 23.8. The number of hydrogen-bond donors (Lipinski definition) is 2. The average molecular weight is 501 g/mol. The van der Waals surface area contributed by atoms with Gasteiger partial charge in [-0.05, 0) is 42.4 Å². The molecule has 3 atom stereocenters. The number of rotatable bonds is 7. The number of carbonyl (C=O) groups excluding carboxylic acids is 3. The Labute approximate surface area is 217 Å². The predicted octanol–water partition coefficient (Wildman–Crippen LogP) is 3.87. The van der Waals surface area contributed by atoms with Gasteiger partial charge in [0.15, 0.2) is 0 Å². The summed E-state index contributed by atoms with van der Waals surface area (Å²) in [6, 6.07) is 18.0. The smallest absolute Gasteiger partial charge is 0.407 e. The van der Waals surface area contributed by atoms with Gasteiger partial charge in [-0.1, -0.05) is 62.4 Å². The lowest BCUT2D eigenvalue weighted by atomic mass is 9.80. The van der Waals surface area contributed by atoms with Crippen molar-refractivity contribution in [3.63, 3.8) is 0 Å². The highest BCUT2D eigenvalue weighted by atomic mass is 16.5. The first-order valence-electron chi connectivity index (χ1n) is 12.9. The van der Waals surface area contributed by atoms with Gasteiger partial charge in [-0.3, -0.25) is 9.59 Å². The van der Waals surface area contributed by atoms with Crippen molar-refractivity contribution in [2.75, 3.05) is 18.5 Å². The molecule has 0 radical (unpaired) electrons. The second kappa shape index (κ2) is 9.55. The van der Waals surface area contributed by atoms with Gasteiger partial charge in [-0.15, -0.1) is 0 Å². The fraction of sp³-hybridized carbons (Fsp3) is 0.448. The highest BCUT2D eigenvalue weighted by molar-refractivity contribution is 6.07. The van der Waals surface area contributed by atoms with Crippen LogP contribution in [0.5, 0.6) is 0 Å². The first-order valence-corrected chi connectivity index (χ1v) is 12.9. The molecule has 2 N–H and O–H groups in total. The monoisotopic (exact) mass is 500 g/mol. The number of nitriles is 1. The van der Waals surface area contributed by atoms with Crippen molar-refractivity contribution < 1.29 is 19.1 Å². The molecule has 3 aliphatic rings. The third-order valence-electron chi connectivity index (χ3n) is 7.93. The van der Waals surface area contributed by atoms with Gasteiger partial charge in [-0.25, -0.2) is 4.79 Å². The number of likely N-dealkylation sites (tertiary alicyclic amines) is 1. The Hall–Kier alpha value is -3.86. The third-order valence-corrected chi connectivity index (χ3v) is 7.93. The molecular formula is C29H32N4O4. The lowest BCUT2D eigenvalue weighted by Gasteiger charge is -2.28. The van der Waals surface area contributed by atoms with Gasteiger partial charge >= 0.3 is 6.09 Å². The molecular weight excluding hydrogens is 468 g/mol. The van der Waals surface area contributed by atoms with Gasteiger partial charge in [0.25, 0.3) is 0 Å². The van der Waals surface area contributed by atoms with Crippen molar-refractivity contribution in [3.05, 3.63) is 65.7 Å². The van der Waals surface area contributed by atoms with Gasteiger partial charge in [0.2, 0.25) is 11.8 Å².